The number of piperazine rings is 1. The van der Waals surface area contributed by atoms with Gasteiger partial charge in [-0.1, -0.05) is 11.6 Å². The summed E-state index contributed by atoms with van der Waals surface area (Å²) in [5, 5.41) is 0. The van der Waals surface area contributed by atoms with Crippen molar-refractivity contribution in [1.29, 1.82) is 0 Å². The minimum atomic E-state index is -0.651. The summed E-state index contributed by atoms with van der Waals surface area (Å²) >= 11 is 7.51. The van der Waals surface area contributed by atoms with Gasteiger partial charge in [-0.05, 0) is 12.1 Å². The van der Waals surface area contributed by atoms with Crippen LogP contribution >= 0.6 is 22.9 Å². The third-order valence-corrected chi connectivity index (χ3v) is 5.09. The Hall–Kier alpha value is -1.90. The molecule has 122 valence electrons. The van der Waals surface area contributed by atoms with Crippen LogP contribution in [0.5, 0.6) is 0 Å². The molecule has 0 radical (unpaired) electrons. The van der Waals surface area contributed by atoms with Crippen molar-refractivity contribution in [2.75, 3.05) is 26.2 Å². The maximum atomic E-state index is 12.4. The molecule has 1 aliphatic heterocycles. The van der Waals surface area contributed by atoms with Gasteiger partial charge < -0.3 is 14.8 Å². The monoisotopic (exact) mass is 355 g/mol. The van der Waals surface area contributed by atoms with Gasteiger partial charge in [-0.2, -0.15) is 0 Å². The normalized spacial score (nSPS) is 15.8. The second kappa shape index (κ2) is 6.69. The maximum Gasteiger partial charge on any atom is 0.325 e. The van der Waals surface area contributed by atoms with Gasteiger partial charge in [-0.3, -0.25) is 14.6 Å². The minimum Gasteiger partial charge on any atom is -0.328 e. The second-order valence-corrected chi connectivity index (χ2v) is 7.21. The zero-order valence-electron chi connectivity index (χ0n) is 12.2. The molecule has 3 heterocycles. The molecule has 3 N–H and O–H groups in total. The van der Waals surface area contributed by atoms with E-state index in [0.717, 1.165) is 24.0 Å². The van der Waals surface area contributed by atoms with E-state index in [9.17, 15) is 14.4 Å². The average molecular weight is 356 g/mol. The van der Waals surface area contributed by atoms with Gasteiger partial charge in [-0.25, -0.2) is 4.79 Å². The Morgan fingerprint density at radius 3 is 2.65 bits per heavy atom. The molecule has 23 heavy (non-hydrogen) atoms. The zero-order chi connectivity index (χ0) is 16.4. The highest BCUT2D eigenvalue weighted by Crippen LogP contribution is 2.20. The lowest BCUT2D eigenvalue weighted by molar-refractivity contribution is -0.917. The van der Waals surface area contributed by atoms with Gasteiger partial charge in [-0.15, -0.1) is 11.3 Å². The molecular formula is C14H16ClN4O3S+. The van der Waals surface area contributed by atoms with E-state index in [1.807, 2.05) is 12.1 Å². The summed E-state index contributed by atoms with van der Waals surface area (Å²) in [6, 6.07) is 3.92. The van der Waals surface area contributed by atoms with Crippen molar-refractivity contribution in [2.24, 2.45) is 0 Å². The van der Waals surface area contributed by atoms with E-state index in [1.54, 1.807) is 16.2 Å². The lowest BCUT2D eigenvalue weighted by Crippen LogP contribution is -3.13. The number of halogens is 1. The molecule has 1 saturated heterocycles. The molecule has 7 nitrogen and oxygen atoms in total. The van der Waals surface area contributed by atoms with Crippen molar-refractivity contribution in [2.45, 2.75) is 6.54 Å². The number of H-pyrrole nitrogens is 2. The Balaban J connectivity index is 1.61. The number of nitrogens with zero attached hydrogens (tertiary/aromatic N) is 1. The van der Waals surface area contributed by atoms with E-state index < -0.39 is 11.2 Å². The number of aromatic nitrogens is 2. The van der Waals surface area contributed by atoms with Crippen LogP contribution in [0.2, 0.25) is 4.34 Å². The lowest BCUT2D eigenvalue weighted by Gasteiger charge is -2.31. The van der Waals surface area contributed by atoms with E-state index in [1.165, 1.54) is 16.0 Å². The van der Waals surface area contributed by atoms with Crippen LogP contribution in [0.3, 0.4) is 0 Å². The quantitative estimate of drug-likeness (QED) is 0.681. The molecule has 0 bridgehead atoms. The number of amides is 1. The van der Waals surface area contributed by atoms with Crippen molar-refractivity contribution in [3.63, 3.8) is 0 Å². The highest BCUT2D eigenvalue weighted by atomic mass is 35.5. The summed E-state index contributed by atoms with van der Waals surface area (Å²) in [6.45, 7) is 3.65. The molecule has 3 rings (SSSR count). The van der Waals surface area contributed by atoms with Crippen molar-refractivity contribution in [3.8, 4) is 0 Å². The van der Waals surface area contributed by atoms with E-state index in [4.69, 9.17) is 11.6 Å². The van der Waals surface area contributed by atoms with Gasteiger partial charge in [0, 0.05) is 6.20 Å². The Labute approximate surface area is 140 Å². The van der Waals surface area contributed by atoms with Crippen LogP contribution < -0.4 is 16.1 Å². The van der Waals surface area contributed by atoms with Crippen LogP contribution in [0.1, 0.15) is 15.2 Å². The van der Waals surface area contributed by atoms with Crippen LogP contribution in [-0.2, 0) is 6.54 Å². The summed E-state index contributed by atoms with van der Waals surface area (Å²) < 4.78 is 0.783. The van der Waals surface area contributed by atoms with Crippen LogP contribution in [-0.4, -0.2) is 47.0 Å². The van der Waals surface area contributed by atoms with Crippen LogP contribution in [0.15, 0.2) is 27.9 Å². The van der Waals surface area contributed by atoms with Crippen molar-refractivity contribution in [3.05, 3.63) is 53.9 Å². The smallest absolute Gasteiger partial charge is 0.325 e. The number of carbonyl (C=O) groups excluding carboxylic acids is 1. The largest absolute Gasteiger partial charge is 0.328 e. The first kappa shape index (κ1) is 16.0. The Bertz CT molecular complexity index is 820. The third kappa shape index (κ3) is 3.72. The van der Waals surface area contributed by atoms with Gasteiger partial charge in [0.05, 0.1) is 35.4 Å². The van der Waals surface area contributed by atoms with E-state index in [-0.39, 0.29) is 11.5 Å². The van der Waals surface area contributed by atoms with Gasteiger partial charge in [0.25, 0.3) is 11.5 Å². The number of thiophene rings is 1. The Kier molecular flexibility index (Phi) is 4.65. The second-order valence-electron chi connectivity index (χ2n) is 5.41. The summed E-state index contributed by atoms with van der Waals surface area (Å²) in [4.78, 5) is 43.7. The summed E-state index contributed by atoms with van der Waals surface area (Å²) in [5.41, 5.74) is -1.30. The molecule has 0 aromatic carbocycles. The van der Waals surface area contributed by atoms with Crippen LogP contribution in [0, 0.1) is 0 Å². The molecule has 0 spiro atoms. The number of hydrogen-bond donors (Lipinski definition) is 3. The first-order valence-corrected chi connectivity index (χ1v) is 8.41. The molecule has 2 aromatic rings. The maximum absolute atomic E-state index is 12.4. The predicted octanol–water partition coefficient (Wildman–Crippen LogP) is -0.681. The Morgan fingerprint density at radius 1 is 1.30 bits per heavy atom. The van der Waals surface area contributed by atoms with E-state index in [2.05, 4.69) is 9.97 Å². The zero-order valence-corrected chi connectivity index (χ0v) is 13.8. The molecule has 0 aliphatic carbocycles. The number of carbonyl (C=O) groups is 1. The molecule has 1 aliphatic rings. The van der Waals surface area contributed by atoms with E-state index in [0.29, 0.717) is 13.1 Å². The predicted molar refractivity (Wildman–Crippen MR) is 87.3 cm³/mol. The van der Waals surface area contributed by atoms with Gasteiger partial charge in [0.1, 0.15) is 12.1 Å². The fraction of sp³-hybridized carbons (Fsp3) is 0.357. The van der Waals surface area contributed by atoms with Crippen molar-refractivity contribution < 1.29 is 9.69 Å². The number of hydrogen-bond acceptors (Lipinski definition) is 4. The van der Waals surface area contributed by atoms with Gasteiger partial charge >= 0.3 is 5.69 Å². The number of rotatable bonds is 3. The minimum absolute atomic E-state index is 0.0295. The fourth-order valence-corrected chi connectivity index (χ4v) is 3.79. The SMILES string of the molecule is O=C(c1c[nH]c(=O)[nH]c1=O)N1CC[NH+](Cc2ccc(Cl)s2)CC1. The molecule has 0 atom stereocenters. The number of quaternary nitrogens is 1. The number of aromatic amines is 2. The van der Waals surface area contributed by atoms with Gasteiger partial charge in [0.15, 0.2) is 0 Å². The first-order chi connectivity index (χ1) is 11.0. The third-order valence-electron chi connectivity index (χ3n) is 3.86. The lowest BCUT2D eigenvalue weighted by atomic mass is 10.2. The average Bonchev–Trinajstić information content (AvgIpc) is 2.92. The first-order valence-electron chi connectivity index (χ1n) is 7.22. The molecule has 1 fully saturated rings. The molecular weight excluding hydrogens is 340 g/mol. The molecule has 1 amide bonds. The van der Waals surface area contributed by atoms with Gasteiger partial charge in [0.2, 0.25) is 0 Å². The van der Waals surface area contributed by atoms with E-state index >= 15 is 0 Å². The fourth-order valence-electron chi connectivity index (χ4n) is 2.63. The topological polar surface area (TPSA) is 90.5 Å². The molecule has 0 unspecified atom stereocenters. The van der Waals surface area contributed by atoms with Crippen LogP contribution in [0.4, 0.5) is 0 Å². The Morgan fingerprint density at radius 2 is 2.04 bits per heavy atom. The molecule has 0 saturated carbocycles. The van der Waals surface area contributed by atoms with Crippen molar-refractivity contribution >= 4 is 28.8 Å². The molecule has 2 aromatic heterocycles. The summed E-state index contributed by atoms with van der Waals surface area (Å²) in [6.07, 6.45) is 1.18. The summed E-state index contributed by atoms with van der Waals surface area (Å²) in [5.74, 6) is -0.347. The highest BCUT2D eigenvalue weighted by molar-refractivity contribution is 7.16. The molecule has 9 heteroatoms. The van der Waals surface area contributed by atoms with Crippen molar-refractivity contribution in [1.82, 2.24) is 14.9 Å². The standard InChI is InChI=1S/C14H15ClN4O3S/c15-11-2-1-9(23-11)8-18-3-5-19(6-4-18)13(21)10-7-16-14(22)17-12(10)20/h1-2,7H,3-6,8H2,(H2,16,17,20,22)/p+1. The summed E-state index contributed by atoms with van der Waals surface area (Å²) in [7, 11) is 0. The van der Waals surface area contributed by atoms with Crippen LogP contribution in [0.25, 0.3) is 0 Å². The highest BCUT2D eigenvalue weighted by Gasteiger charge is 2.26. The number of nitrogens with one attached hydrogen (secondary N) is 3.